The molecule has 8 nitrogen and oxygen atoms in total. The van der Waals surface area contributed by atoms with Crippen LogP contribution in [0.25, 0.3) is 0 Å². The zero-order valence-electron chi connectivity index (χ0n) is 20.5. The molecule has 0 bridgehead atoms. The molecule has 35 heavy (non-hydrogen) atoms. The molecule has 0 aliphatic carbocycles. The third kappa shape index (κ3) is 7.39. The highest BCUT2D eigenvalue weighted by atomic mass is 32.2. The second-order valence-corrected chi connectivity index (χ2v) is 11.1. The first-order chi connectivity index (χ1) is 16.6. The Kier molecular flexibility index (Phi) is 8.67. The molecular formula is C26H33N3O5S. The van der Waals surface area contributed by atoms with Crippen LogP contribution in [0.1, 0.15) is 57.6 Å². The van der Waals surface area contributed by atoms with Gasteiger partial charge in [-0.1, -0.05) is 48.9 Å². The fourth-order valence-corrected chi connectivity index (χ4v) is 5.01. The van der Waals surface area contributed by atoms with Crippen LogP contribution in [0.15, 0.2) is 64.5 Å². The van der Waals surface area contributed by atoms with Crippen LogP contribution < -0.4 is 4.72 Å². The van der Waals surface area contributed by atoms with Gasteiger partial charge in [-0.25, -0.2) is 8.42 Å². The summed E-state index contributed by atoms with van der Waals surface area (Å²) in [5.74, 6) is -0.280. The van der Waals surface area contributed by atoms with Gasteiger partial charge < -0.3 is 9.64 Å². The van der Waals surface area contributed by atoms with Crippen LogP contribution in [0.3, 0.4) is 0 Å². The summed E-state index contributed by atoms with van der Waals surface area (Å²) in [4.78, 5) is 31.2. The Morgan fingerprint density at radius 1 is 0.971 bits per heavy atom. The molecule has 1 amide bonds. The molecule has 0 saturated carbocycles. The monoisotopic (exact) mass is 499 g/mol. The number of amides is 1. The molecule has 0 saturated heterocycles. The summed E-state index contributed by atoms with van der Waals surface area (Å²) in [5.41, 5.74) is 1.19. The number of benzene rings is 2. The number of fused-ring (bicyclic) bond motifs is 1. The first kappa shape index (κ1) is 26.4. The van der Waals surface area contributed by atoms with E-state index in [1.54, 1.807) is 29.2 Å². The molecule has 0 radical (unpaired) electrons. The Morgan fingerprint density at radius 3 is 2.37 bits per heavy atom. The number of rotatable bonds is 10. The van der Waals surface area contributed by atoms with E-state index in [0.29, 0.717) is 37.3 Å². The summed E-state index contributed by atoms with van der Waals surface area (Å²) in [6.07, 6.45) is 2.26. The van der Waals surface area contributed by atoms with Crippen LogP contribution in [-0.2, 0) is 30.9 Å². The lowest BCUT2D eigenvalue weighted by Gasteiger charge is -2.35. The van der Waals surface area contributed by atoms with Gasteiger partial charge in [-0.2, -0.15) is 0 Å². The van der Waals surface area contributed by atoms with Crippen molar-refractivity contribution in [3.63, 3.8) is 0 Å². The lowest BCUT2D eigenvalue weighted by Crippen LogP contribution is -2.46. The quantitative estimate of drug-likeness (QED) is 0.397. The van der Waals surface area contributed by atoms with Crippen LogP contribution >= 0.6 is 0 Å². The van der Waals surface area contributed by atoms with Crippen molar-refractivity contribution in [1.82, 2.24) is 9.62 Å². The minimum atomic E-state index is -3.53. The van der Waals surface area contributed by atoms with E-state index in [2.05, 4.69) is 9.71 Å². The topological polar surface area (TPSA) is 105 Å². The van der Waals surface area contributed by atoms with E-state index >= 15 is 0 Å². The minimum absolute atomic E-state index is 0.216. The van der Waals surface area contributed by atoms with E-state index in [1.807, 2.05) is 51.1 Å². The second kappa shape index (κ2) is 11.5. The van der Waals surface area contributed by atoms with Crippen molar-refractivity contribution in [1.29, 1.82) is 0 Å². The van der Waals surface area contributed by atoms with Gasteiger partial charge in [0.2, 0.25) is 0 Å². The molecule has 0 fully saturated rings. The van der Waals surface area contributed by atoms with Crippen LogP contribution in [-0.4, -0.2) is 49.7 Å². The lowest BCUT2D eigenvalue weighted by molar-refractivity contribution is -0.154. The van der Waals surface area contributed by atoms with Gasteiger partial charge in [0.15, 0.2) is 6.61 Å². The van der Waals surface area contributed by atoms with Crippen molar-refractivity contribution >= 4 is 27.7 Å². The molecule has 1 aliphatic heterocycles. The summed E-state index contributed by atoms with van der Waals surface area (Å²) in [7, 11) is -3.53. The zero-order chi connectivity index (χ0) is 25.5. The Morgan fingerprint density at radius 2 is 1.66 bits per heavy atom. The molecule has 2 aromatic carbocycles. The summed E-state index contributed by atoms with van der Waals surface area (Å²) in [6, 6.07) is 16.4. The van der Waals surface area contributed by atoms with Gasteiger partial charge in [0.25, 0.3) is 15.9 Å². The van der Waals surface area contributed by atoms with Crippen LogP contribution in [0.2, 0.25) is 0 Å². The minimum Gasteiger partial charge on any atom is -0.456 e. The molecular weight excluding hydrogens is 466 g/mol. The Labute approximate surface area is 207 Å². The number of carbonyl (C=O) groups is 2. The van der Waals surface area contributed by atoms with Crippen molar-refractivity contribution in [2.75, 3.05) is 13.2 Å². The number of sulfonamides is 1. The maximum absolute atomic E-state index is 12.8. The molecule has 2 aromatic rings. The Balaban J connectivity index is 1.38. The number of nitrogens with one attached hydrogen (secondary N) is 1. The van der Waals surface area contributed by atoms with E-state index in [0.717, 1.165) is 12.0 Å². The zero-order valence-corrected chi connectivity index (χ0v) is 21.3. The average molecular weight is 500 g/mol. The highest BCUT2D eigenvalue weighted by Crippen LogP contribution is 2.22. The standard InChI is InChI=1S/C26H33N3O5S/c1-26(2,3)29(18-20-12-6-4-7-13-20)23(30)19-34-24(31)16-8-5-11-17-27-25-21-14-9-10-15-22(21)35(32,33)28-25/h4,6-7,9-10,12-15H,5,8,11,16-19H2,1-3H3,(H,27,28). The van der Waals surface area contributed by atoms with Crippen molar-refractivity contribution in [2.24, 2.45) is 4.99 Å². The fraction of sp³-hybridized carbons (Fsp3) is 0.423. The Hall–Kier alpha value is -3.20. The predicted octanol–water partition coefficient (Wildman–Crippen LogP) is 3.66. The van der Waals surface area contributed by atoms with Gasteiger partial charge in [0.1, 0.15) is 5.84 Å². The number of esters is 1. The molecule has 1 heterocycles. The van der Waals surface area contributed by atoms with Gasteiger partial charge in [0, 0.05) is 30.6 Å². The number of nitrogens with zero attached hydrogens (tertiary/aromatic N) is 2. The summed E-state index contributed by atoms with van der Waals surface area (Å²) in [5, 5.41) is 0. The third-order valence-electron chi connectivity index (χ3n) is 5.62. The van der Waals surface area contributed by atoms with Crippen LogP contribution in [0, 0.1) is 0 Å². The van der Waals surface area contributed by atoms with E-state index in [4.69, 9.17) is 4.74 Å². The van der Waals surface area contributed by atoms with Gasteiger partial charge in [-0.05, 0) is 51.3 Å². The number of carbonyl (C=O) groups excluding carboxylic acids is 2. The molecule has 0 spiro atoms. The highest BCUT2D eigenvalue weighted by molar-refractivity contribution is 7.90. The third-order valence-corrected chi connectivity index (χ3v) is 7.02. The average Bonchev–Trinajstić information content (AvgIpc) is 3.08. The van der Waals surface area contributed by atoms with Gasteiger partial charge in [-0.3, -0.25) is 19.3 Å². The molecule has 188 valence electrons. The number of aliphatic imine (C=N–C) groups is 1. The van der Waals surface area contributed by atoms with Gasteiger partial charge >= 0.3 is 5.97 Å². The molecule has 0 atom stereocenters. The smallest absolute Gasteiger partial charge is 0.306 e. The van der Waals surface area contributed by atoms with Crippen LogP contribution in [0.5, 0.6) is 0 Å². The summed E-state index contributed by atoms with van der Waals surface area (Å²) >= 11 is 0. The van der Waals surface area contributed by atoms with Crippen LogP contribution in [0.4, 0.5) is 0 Å². The summed E-state index contributed by atoms with van der Waals surface area (Å²) in [6.45, 7) is 6.47. The van der Waals surface area contributed by atoms with Crippen molar-refractivity contribution in [3.8, 4) is 0 Å². The van der Waals surface area contributed by atoms with Crippen molar-refractivity contribution in [2.45, 2.75) is 63.4 Å². The van der Waals surface area contributed by atoms with E-state index in [-0.39, 0.29) is 23.8 Å². The lowest BCUT2D eigenvalue weighted by atomic mass is 10.0. The van der Waals surface area contributed by atoms with Gasteiger partial charge in [-0.15, -0.1) is 0 Å². The second-order valence-electron chi connectivity index (χ2n) is 9.44. The number of unbranched alkanes of at least 4 members (excludes halogenated alkanes) is 2. The molecule has 0 unspecified atom stereocenters. The maximum atomic E-state index is 12.8. The number of hydrogen-bond acceptors (Lipinski definition) is 6. The summed E-state index contributed by atoms with van der Waals surface area (Å²) < 4.78 is 31.9. The first-order valence-electron chi connectivity index (χ1n) is 11.7. The Bertz CT molecular complexity index is 1170. The van der Waals surface area contributed by atoms with E-state index in [1.165, 1.54) is 0 Å². The number of amidine groups is 1. The molecule has 0 aromatic heterocycles. The molecule has 9 heteroatoms. The van der Waals surface area contributed by atoms with E-state index in [9.17, 15) is 18.0 Å². The fourth-order valence-electron chi connectivity index (χ4n) is 3.76. The molecule has 1 aliphatic rings. The number of ether oxygens (including phenoxy) is 1. The van der Waals surface area contributed by atoms with Crippen molar-refractivity contribution in [3.05, 3.63) is 65.7 Å². The normalized spacial score (nSPS) is 15.3. The molecule has 3 rings (SSSR count). The molecule has 1 N–H and O–H groups in total. The van der Waals surface area contributed by atoms with Gasteiger partial charge in [0.05, 0.1) is 4.90 Å². The maximum Gasteiger partial charge on any atom is 0.306 e. The van der Waals surface area contributed by atoms with Crippen molar-refractivity contribution < 1.29 is 22.7 Å². The highest BCUT2D eigenvalue weighted by Gasteiger charge is 2.30. The first-order valence-corrected chi connectivity index (χ1v) is 13.2. The number of hydrogen-bond donors (Lipinski definition) is 1. The SMILES string of the molecule is CC(C)(C)N(Cc1ccccc1)C(=O)COC(=O)CCCCCN=C1NS(=O)(=O)c2ccccc21. The largest absolute Gasteiger partial charge is 0.456 e. The van der Waals surface area contributed by atoms with E-state index < -0.39 is 21.5 Å². The predicted molar refractivity (Wildman–Crippen MR) is 134 cm³/mol.